The third-order valence-corrected chi connectivity index (χ3v) is 7.84. The first-order chi connectivity index (χ1) is 19.7. The van der Waals surface area contributed by atoms with Crippen LogP contribution in [0.3, 0.4) is 0 Å². The van der Waals surface area contributed by atoms with Crippen molar-refractivity contribution in [3.05, 3.63) is 71.7 Å². The SMILES string of the molecule is CC(C)[C@H](NC(=O)c1cccnc1)C(=O)N1c2ccccc2C[C@H]1[C@](C(N)=O)(C(=O)c1nnc(C(C)(C)C)o1)C(C)C. The molecule has 3 heterocycles. The highest BCUT2D eigenvalue weighted by Gasteiger charge is 2.60. The first-order valence-electron chi connectivity index (χ1n) is 14.0. The second-order valence-electron chi connectivity index (χ2n) is 12.4. The molecular formula is C31H38N6O5. The third-order valence-electron chi connectivity index (χ3n) is 7.84. The summed E-state index contributed by atoms with van der Waals surface area (Å²) in [4.78, 5) is 61.0. The lowest BCUT2D eigenvalue weighted by atomic mass is 9.66. The zero-order chi connectivity index (χ0) is 31.0. The van der Waals surface area contributed by atoms with Crippen LogP contribution in [0.5, 0.6) is 0 Å². The summed E-state index contributed by atoms with van der Waals surface area (Å²) in [6.45, 7) is 12.6. The van der Waals surface area contributed by atoms with Gasteiger partial charge in [-0.3, -0.25) is 24.2 Å². The summed E-state index contributed by atoms with van der Waals surface area (Å²) >= 11 is 0. The molecule has 2 aromatic heterocycles. The van der Waals surface area contributed by atoms with Crippen LogP contribution in [0.2, 0.25) is 0 Å². The number of rotatable bonds is 9. The van der Waals surface area contributed by atoms with E-state index in [1.54, 1.807) is 44.3 Å². The van der Waals surface area contributed by atoms with E-state index in [1.807, 2.05) is 46.8 Å². The Hall–Kier alpha value is -4.41. The first kappa shape index (κ1) is 30.5. The van der Waals surface area contributed by atoms with Gasteiger partial charge >= 0.3 is 0 Å². The fraction of sp³-hybridized carbons (Fsp3) is 0.452. The van der Waals surface area contributed by atoms with E-state index in [4.69, 9.17) is 10.2 Å². The van der Waals surface area contributed by atoms with Crippen molar-refractivity contribution in [3.8, 4) is 0 Å². The zero-order valence-electron chi connectivity index (χ0n) is 25.0. The first-order valence-corrected chi connectivity index (χ1v) is 14.0. The molecule has 3 aromatic rings. The van der Waals surface area contributed by atoms with Gasteiger partial charge < -0.3 is 20.4 Å². The highest BCUT2D eigenvalue weighted by Crippen LogP contribution is 2.46. The molecule has 0 aliphatic carbocycles. The molecule has 1 aromatic carbocycles. The minimum absolute atomic E-state index is 0.177. The lowest BCUT2D eigenvalue weighted by Crippen LogP contribution is -2.64. The van der Waals surface area contributed by atoms with E-state index in [1.165, 1.54) is 11.1 Å². The predicted octanol–water partition coefficient (Wildman–Crippen LogP) is 3.49. The number of para-hydroxylation sites is 1. The van der Waals surface area contributed by atoms with Crippen molar-refractivity contribution in [2.24, 2.45) is 23.0 Å². The summed E-state index contributed by atoms with van der Waals surface area (Å²) in [7, 11) is 0. The van der Waals surface area contributed by atoms with Crippen LogP contribution in [0.25, 0.3) is 0 Å². The van der Waals surface area contributed by atoms with Gasteiger partial charge in [-0.2, -0.15) is 0 Å². The number of nitrogens with two attached hydrogens (primary N) is 1. The van der Waals surface area contributed by atoms with Gasteiger partial charge in [0.05, 0.1) is 11.6 Å². The number of Topliss-reactive ketones (excluding diaryl/α,β-unsaturated/α-hetero) is 1. The molecule has 0 unspecified atom stereocenters. The standard InChI is InChI=1S/C31H38N6O5/c1-17(2)23(34-25(39)20-12-10-14-33-16-20)27(40)37-21-13-9-8-11-19(21)15-22(37)31(18(3)4,28(32)41)24(38)26-35-36-29(42-26)30(5,6)7/h8-14,16-18,22-23H,15H2,1-7H3,(H2,32,41)(H,34,39)/t22-,23-,31-/m0/s1. The van der Waals surface area contributed by atoms with E-state index in [2.05, 4.69) is 20.5 Å². The number of nitrogens with zero attached hydrogens (tertiary/aromatic N) is 4. The highest BCUT2D eigenvalue weighted by atomic mass is 16.4. The minimum atomic E-state index is -1.93. The molecule has 3 N–H and O–H groups in total. The number of primary amides is 1. The molecular weight excluding hydrogens is 536 g/mol. The van der Waals surface area contributed by atoms with Gasteiger partial charge in [0.2, 0.25) is 23.5 Å². The number of hydrogen-bond donors (Lipinski definition) is 2. The van der Waals surface area contributed by atoms with E-state index < -0.39 is 52.3 Å². The van der Waals surface area contributed by atoms with E-state index in [0.29, 0.717) is 11.3 Å². The van der Waals surface area contributed by atoms with Crippen LogP contribution in [0.1, 0.15) is 81.0 Å². The Morgan fingerprint density at radius 1 is 1.02 bits per heavy atom. The van der Waals surface area contributed by atoms with Crippen LogP contribution < -0.4 is 16.0 Å². The molecule has 3 atom stereocenters. The van der Waals surface area contributed by atoms with Crippen molar-refractivity contribution in [1.29, 1.82) is 0 Å². The van der Waals surface area contributed by atoms with Gasteiger partial charge in [-0.15, -0.1) is 10.2 Å². The van der Waals surface area contributed by atoms with E-state index in [9.17, 15) is 19.2 Å². The number of carbonyl (C=O) groups is 4. The number of ketones is 1. The molecule has 1 aliphatic rings. The molecule has 0 radical (unpaired) electrons. The average molecular weight is 575 g/mol. The number of nitrogens with one attached hydrogen (secondary N) is 1. The molecule has 0 bridgehead atoms. The maximum atomic E-state index is 14.5. The Balaban J connectivity index is 1.84. The van der Waals surface area contributed by atoms with Crippen molar-refractivity contribution in [3.63, 3.8) is 0 Å². The summed E-state index contributed by atoms with van der Waals surface area (Å²) in [5, 5.41) is 10.9. The number of fused-ring (bicyclic) bond motifs is 1. The Morgan fingerprint density at radius 2 is 1.71 bits per heavy atom. The molecule has 0 saturated heterocycles. The normalized spacial score (nSPS) is 17.1. The number of benzene rings is 1. The molecule has 0 saturated carbocycles. The van der Waals surface area contributed by atoms with E-state index in [-0.39, 0.29) is 24.1 Å². The lowest BCUT2D eigenvalue weighted by molar-refractivity contribution is -0.129. The van der Waals surface area contributed by atoms with Crippen LogP contribution in [0, 0.1) is 17.3 Å². The maximum absolute atomic E-state index is 14.5. The molecule has 0 fully saturated rings. The van der Waals surface area contributed by atoms with Crippen LogP contribution in [0.4, 0.5) is 5.69 Å². The van der Waals surface area contributed by atoms with Crippen LogP contribution in [-0.2, 0) is 21.4 Å². The van der Waals surface area contributed by atoms with E-state index in [0.717, 1.165) is 5.56 Å². The molecule has 1 aliphatic heterocycles. The van der Waals surface area contributed by atoms with Gasteiger partial charge in [-0.25, -0.2) is 0 Å². The van der Waals surface area contributed by atoms with Crippen molar-refractivity contribution < 1.29 is 23.6 Å². The fourth-order valence-corrected chi connectivity index (χ4v) is 5.56. The summed E-state index contributed by atoms with van der Waals surface area (Å²) in [6.07, 6.45) is 3.14. The number of hydrogen-bond acceptors (Lipinski definition) is 8. The smallest absolute Gasteiger partial charge is 0.285 e. The summed E-state index contributed by atoms with van der Waals surface area (Å²) in [5.74, 6) is -3.72. The molecule has 11 nitrogen and oxygen atoms in total. The Kier molecular flexibility index (Phi) is 8.34. The summed E-state index contributed by atoms with van der Waals surface area (Å²) in [6, 6.07) is 8.42. The number of amides is 3. The Labute approximate surface area is 245 Å². The van der Waals surface area contributed by atoms with Crippen LogP contribution in [0.15, 0.2) is 53.2 Å². The number of carbonyl (C=O) groups excluding carboxylic acids is 4. The average Bonchev–Trinajstić information content (AvgIpc) is 3.57. The monoisotopic (exact) mass is 574 g/mol. The summed E-state index contributed by atoms with van der Waals surface area (Å²) < 4.78 is 5.79. The number of aromatic nitrogens is 3. The van der Waals surface area contributed by atoms with Crippen LogP contribution in [-0.4, -0.2) is 50.8 Å². The number of pyridine rings is 1. The van der Waals surface area contributed by atoms with Crippen LogP contribution >= 0.6 is 0 Å². The molecule has 42 heavy (non-hydrogen) atoms. The molecule has 3 amide bonds. The lowest BCUT2D eigenvalue weighted by Gasteiger charge is -2.42. The van der Waals surface area contributed by atoms with Gasteiger partial charge in [0, 0.05) is 23.5 Å². The molecule has 4 rings (SSSR count). The molecule has 0 spiro atoms. The highest BCUT2D eigenvalue weighted by molar-refractivity contribution is 6.15. The van der Waals surface area contributed by atoms with Crippen molar-refractivity contribution in [2.75, 3.05) is 4.90 Å². The minimum Gasteiger partial charge on any atom is -0.418 e. The molecule has 11 heteroatoms. The van der Waals surface area contributed by atoms with Gasteiger partial charge in [0.25, 0.3) is 11.8 Å². The summed E-state index contributed by atoms with van der Waals surface area (Å²) in [5.41, 5.74) is 5.24. The van der Waals surface area contributed by atoms with Gasteiger partial charge in [-0.05, 0) is 42.0 Å². The van der Waals surface area contributed by atoms with Crippen molar-refractivity contribution >= 4 is 29.2 Å². The van der Waals surface area contributed by atoms with Gasteiger partial charge in [0.15, 0.2) is 0 Å². The predicted molar refractivity (Wildman–Crippen MR) is 156 cm³/mol. The maximum Gasteiger partial charge on any atom is 0.285 e. The quantitative estimate of drug-likeness (QED) is 0.290. The second-order valence-corrected chi connectivity index (χ2v) is 12.4. The molecule has 222 valence electrons. The Bertz CT molecular complexity index is 1490. The van der Waals surface area contributed by atoms with Gasteiger partial charge in [-0.1, -0.05) is 66.7 Å². The second kappa shape index (κ2) is 11.5. The fourth-order valence-electron chi connectivity index (χ4n) is 5.56. The van der Waals surface area contributed by atoms with Gasteiger partial charge in [0.1, 0.15) is 11.5 Å². The largest absolute Gasteiger partial charge is 0.418 e. The van der Waals surface area contributed by atoms with E-state index >= 15 is 0 Å². The Morgan fingerprint density at radius 3 is 2.26 bits per heavy atom. The number of anilines is 1. The zero-order valence-corrected chi connectivity index (χ0v) is 25.0. The van der Waals surface area contributed by atoms with Crippen molar-refractivity contribution in [1.82, 2.24) is 20.5 Å². The van der Waals surface area contributed by atoms with Crippen molar-refractivity contribution in [2.45, 2.75) is 72.4 Å². The third kappa shape index (κ3) is 5.31. The topological polar surface area (TPSA) is 161 Å².